The van der Waals surface area contributed by atoms with Crippen LogP contribution in [0.3, 0.4) is 0 Å². The minimum absolute atomic E-state index is 0.120. The molecule has 1 saturated heterocycles. The van der Waals surface area contributed by atoms with Crippen molar-refractivity contribution in [3.63, 3.8) is 0 Å². The van der Waals surface area contributed by atoms with Crippen LogP contribution in [-0.2, 0) is 6.54 Å². The molecule has 3 rings (SSSR count). The van der Waals surface area contributed by atoms with Crippen LogP contribution in [0.4, 0.5) is 9.18 Å². The van der Waals surface area contributed by atoms with E-state index >= 15 is 0 Å². The molecule has 5 nitrogen and oxygen atoms in total. The van der Waals surface area contributed by atoms with Crippen molar-refractivity contribution in [2.75, 3.05) is 26.2 Å². The summed E-state index contributed by atoms with van der Waals surface area (Å²) in [7, 11) is 0. The average Bonchev–Trinajstić information content (AvgIpc) is 2.93. The molecule has 1 heterocycles. The lowest BCUT2D eigenvalue weighted by atomic mass is 10.2. The summed E-state index contributed by atoms with van der Waals surface area (Å²) in [6.07, 6.45) is 0.714. The summed E-state index contributed by atoms with van der Waals surface area (Å²) in [5.74, 6) is -0.491. The molecule has 1 N–H and O–H groups in total. The lowest BCUT2D eigenvalue weighted by molar-refractivity contribution is 0.0762. The molecule has 0 saturated carbocycles. The zero-order valence-corrected chi connectivity index (χ0v) is 14.5. The topological polar surface area (TPSA) is 52.7 Å². The monoisotopic (exact) mass is 355 g/mol. The number of amides is 3. The summed E-state index contributed by atoms with van der Waals surface area (Å²) in [6, 6.07) is 15.2. The second kappa shape index (κ2) is 8.47. The first-order valence-electron chi connectivity index (χ1n) is 8.75. The Morgan fingerprint density at radius 3 is 2.27 bits per heavy atom. The van der Waals surface area contributed by atoms with Crippen LogP contribution in [0.1, 0.15) is 22.3 Å². The van der Waals surface area contributed by atoms with Crippen LogP contribution in [0.25, 0.3) is 0 Å². The Kier molecular flexibility index (Phi) is 5.84. The van der Waals surface area contributed by atoms with E-state index in [0.29, 0.717) is 44.7 Å². The van der Waals surface area contributed by atoms with Crippen molar-refractivity contribution in [1.82, 2.24) is 15.1 Å². The Balaban J connectivity index is 1.53. The van der Waals surface area contributed by atoms with Gasteiger partial charge in [-0.05, 0) is 36.2 Å². The predicted octanol–water partition coefficient (Wildman–Crippen LogP) is 2.88. The number of urea groups is 1. The first-order chi connectivity index (χ1) is 12.6. The van der Waals surface area contributed by atoms with E-state index < -0.39 is 0 Å². The van der Waals surface area contributed by atoms with Crippen molar-refractivity contribution in [2.45, 2.75) is 13.0 Å². The molecule has 0 unspecified atom stereocenters. The van der Waals surface area contributed by atoms with Crippen LogP contribution in [0.5, 0.6) is 0 Å². The quantitative estimate of drug-likeness (QED) is 0.920. The van der Waals surface area contributed by atoms with Gasteiger partial charge in [0.2, 0.25) is 0 Å². The molecule has 2 aromatic rings. The van der Waals surface area contributed by atoms with Crippen LogP contribution in [0.15, 0.2) is 54.6 Å². The Morgan fingerprint density at radius 2 is 1.54 bits per heavy atom. The van der Waals surface area contributed by atoms with Gasteiger partial charge in [0, 0.05) is 38.3 Å². The van der Waals surface area contributed by atoms with Crippen LogP contribution in [0, 0.1) is 5.82 Å². The van der Waals surface area contributed by atoms with Gasteiger partial charge >= 0.3 is 6.03 Å². The number of carbonyl (C=O) groups is 2. The second-order valence-electron chi connectivity index (χ2n) is 6.28. The van der Waals surface area contributed by atoms with Gasteiger partial charge in [0.1, 0.15) is 5.82 Å². The molecule has 1 fully saturated rings. The maximum absolute atomic E-state index is 13.0. The lowest BCUT2D eigenvalue weighted by Gasteiger charge is -2.22. The first-order valence-corrected chi connectivity index (χ1v) is 8.75. The molecule has 0 aromatic heterocycles. The van der Waals surface area contributed by atoms with E-state index in [1.807, 2.05) is 30.3 Å². The van der Waals surface area contributed by atoms with Crippen molar-refractivity contribution >= 4 is 11.9 Å². The van der Waals surface area contributed by atoms with Crippen molar-refractivity contribution in [3.05, 3.63) is 71.5 Å². The molecule has 2 aromatic carbocycles. The third kappa shape index (κ3) is 4.59. The fraction of sp³-hybridized carbons (Fsp3) is 0.300. The van der Waals surface area contributed by atoms with Gasteiger partial charge in [-0.1, -0.05) is 30.3 Å². The second-order valence-corrected chi connectivity index (χ2v) is 6.28. The largest absolute Gasteiger partial charge is 0.337 e. The predicted molar refractivity (Wildman–Crippen MR) is 97.2 cm³/mol. The Morgan fingerprint density at radius 1 is 0.885 bits per heavy atom. The van der Waals surface area contributed by atoms with E-state index in [9.17, 15) is 14.0 Å². The molecule has 1 aliphatic heterocycles. The van der Waals surface area contributed by atoms with E-state index in [-0.39, 0.29) is 17.8 Å². The van der Waals surface area contributed by atoms with Crippen molar-refractivity contribution in [3.8, 4) is 0 Å². The third-order valence-electron chi connectivity index (χ3n) is 4.45. The van der Waals surface area contributed by atoms with Crippen LogP contribution >= 0.6 is 0 Å². The lowest BCUT2D eigenvalue weighted by Crippen LogP contribution is -2.42. The number of nitrogens with one attached hydrogen (secondary N) is 1. The van der Waals surface area contributed by atoms with Crippen molar-refractivity contribution < 1.29 is 14.0 Å². The third-order valence-corrected chi connectivity index (χ3v) is 4.45. The number of hydrogen-bond acceptors (Lipinski definition) is 2. The molecule has 136 valence electrons. The molecule has 26 heavy (non-hydrogen) atoms. The zero-order chi connectivity index (χ0) is 18.4. The van der Waals surface area contributed by atoms with Gasteiger partial charge in [-0.2, -0.15) is 0 Å². The van der Waals surface area contributed by atoms with Crippen molar-refractivity contribution in [2.24, 2.45) is 0 Å². The normalized spacial score (nSPS) is 14.7. The number of carbonyl (C=O) groups excluding carboxylic acids is 2. The van der Waals surface area contributed by atoms with Gasteiger partial charge in [-0.25, -0.2) is 9.18 Å². The van der Waals surface area contributed by atoms with Gasteiger partial charge in [-0.15, -0.1) is 0 Å². The van der Waals surface area contributed by atoms with E-state index in [0.717, 1.165) is 5.56 Å². The molecule has 0 atom stereocenters. The van der Waals surface area contributed by atoms with E-state index in [2.05, 4.69) is 5.32 Å². The maximum atomic E-state index is 13.0. The van der Waals surface area contributed by atoms with Gasteiger partial charge < -0.3 is 15.1 Å². The molecule has 6 heteroatoms. The number of hydrogen-bond donors (Lipinski definition) is 1. The highest BCUT2D eigenvalue weighted by atomic mass is 19.1. The van der Waals surface area contributed by atoms with E-state index in [4.69, 9.17) is 0 Å². The SMILES string of the molecule is O=C(NCc1ccccc1)N1CCCN(C(=O)c2ccc(F)cc2)CC1. The number of halogens is 1. The molecular weight excluding hydrogens is 333 g/mol. The summed E-state index contributed by atoms with van der Waals surface area (Å²) in [5.41, 5.74) is 1.51. The Labute approximate surface area is 152 Å². The molecule has 3 amide bonds. The highest BCUT2D eigenvalue weighted by molar-refractivity contribution is 5.94. The average molecular weight is 355 g/mol. The molecule has 0 radical (unpaired) electrons. The molecule has 0 aliphatic carbocycles. The zero-order valence-electron chi connectivity index (χ0n) is 14.5. The molecule has 0 bridgehead atoms. The van der Waals surface area contributed by atoms with Gasteiger partial charge in [-0.3, -0.25) is 4.79 Å². The number of benzene rings is 2. The standard InChI is InChI=1S/C20H22FN3O2/c21-18-9-7-17(8-10-18)19(25)23-11-4-12-24(14-13-23)20(26)22-15-16-5-2-1-3-6-16/h1-3,5-10H,4,11-15H2,(H,22,26). The fourth-order valence-corrected chi connectivity index (χ4v) is 2.98. The highest BCUT2D eigenvalue weighted by Crippen LogP contribution is 2.11. The smallest absolute Gasteiger partial charge is 0.317 e. The summed E-state index contributed by atoms with van der Waals surface area (Å²) >= 11 is 0. The van der Waals surface area contributed by atoms with E-state index in [1.165, 1.54) is 24.3 Å². The molecular formula is C20H22FN3O2. The van der Waals surface area contributed by atoms with Crippen LogP contribution in [0.2, 0.25) is 0 Å². The fourth-order valence-electron chi connectivity index (χ4n) is 2.98. The number of nitrogens with zero attached hydrogens (tertiary/aromatic N) is 2. The minimum Gasteiger partial charge on any atom is -0.337 e. The summed E-state index contributed by atoms with van der Waals surface area (Å²) in [4.78, 5) is 28.4. The highest BCUT2D eigenvalue weighted by Gasteiger charge is 2.22. The summed E-state index contributed by atoms with van der Waals surface area (Å²) in [5, 5.41) is 2.92. The van der Waals surface area contributed by atoms with Gasteiger partial charge in [0.25, 0.3) is 5.91 Å². The van der Waals surface area contributed by atoms with Crippen LogP contribution < -0.4 is 5.32 Å². The summed E-state index contributed by atoms with van der Waals surface area (Å²) in [6.45, 7) is 2.61. The minimum atomic E-state index is -0.362. The van der Waals surface area contributed by atoms with Crippen LogP contribution in [-0.4, -0.2) is 47.9 Å². The van der Waals surface area contributed by atoms with Crippen molar-refractivity contribution in [1.29, 1.82) is 0 Å². The number of rotatable bonds is 3. The van der Waals surface area contributed by atoms with Gasteiger partial charge in [0.15, 0.2) is 0 Å². The Hall–Kier alpha value is -2.89. The first kappa shape index (κ1) is 17.9. The maximum Gasteiger partial charge on any atom is 0.317 e. The Bertz CT molecular complexity index is 749. The van der Waals surface area contributed by atoms with E-state index in [1.54, 1.807) is 9.80 Å². The van der Waals surface area contributed by atoms with Gasteiger partial charge in [0.05, 0.1) is 0 Å². The molecule has 0 spiro atoms. The summed E-state index contributed by atoms with van der Waals surface area (Å²) < 4.78 is 13.0. The molecule has 1 aliphatic rings.